The van der Waals surface area contributed by atoms with Gasteiger partial charge in [-0.1, -0.05) is 218 Å². The molecule has 0 N–H and O–H groups in total. The van der Waals surface area contributed by atoms with E-state index in [1.807, 2.05) is 0 Å². The SMILES string of the molecule is C(=Cc1cccc(-c2c3ccccc3c(-c3c4ccccc4c(-c4cccc(C=Cc5ccccc5)c4)c4ccccc34)c3ccccc23)c1)c1ccccc1. The molecule has 0 unspecified atom stereocenters. The fourth-order valence-electron chi connectivity index (χ4n) is 8.53. The van der Waals surface area contributed by atoms with E-state index in [0.29, 0.717) is 0 Å². The molecule has 0 aliphatic carbocycles. The van der Waals surface area contributed by atoms with Crippen LogP contribution in [0, 0.1) is 0 Å². The largest absolute Gasteiger partial charge is 0.0622 e. The Kier molecular flexibility index (Phi) is 8.63. The molecule has 0 saturated heterocycles. The average Bonchev–Trinajstić information content (AvgIpc) is 3.27. The Morgan fingerprint density at radius 1 is 0.196 bits per heavy atom. The smallest absolute Gasteiger partial charge is 0.00139 e. The van der Waals surface area contributed by atoms with Crippen molar-refractivity contribution in [1.82, 2.24) is 0 Å². The van der Waals surface area contributed by atoms with Crippen LogP contribution < -0.4 is 0 Å². The van der Waals surface area contributed by atoms with E-state index in [4.69, 9.17) is 0 Å². The molecule has 0 heteroatoms. The predicted octanol–water partition coefficient (Wildman–Crippen LogP) is 15.6. The normalized spacial score (nSPS) is 11.8. The molecule has 0 saturated carbocycles. The Hall–Kier alpha value is -7.28. The molecule has 0 aliphatic heterocycles. The predicted molar refractivity (Wildman–Crippen MR) is 244 cm³/mol. The van der Waals surface area contributed by atoms with Crippen LogP contribution in [0.2, 0.25) is 0 Å². The second-order valence-electron chi connectivity index (χ2n) is 14.4. The molecule has 10 aromatic carbocycles. The van der Waals surface area contributed by atoms with Crippen LogP contribution in [0.15, 0.2) is 206 Å². The molecule has 0 heterocycles. The van der Waals surface area contributed by atoms with Crippen molar-refractivity contribution in [2.24, 2.45) is 0 Å². The number of benzene rings is 10. The summed E-state index contributed by atoms with van der Waals surface area (Å²) in [5, 5.41) is 10.0. The van der Waals surface area contributed by atoms with Gasteiger partial charge in [-0.15, -0.1) is 0 Å². The highest BCUT2D eigenvalue weighted by Gasteiger charge is 2.22. The second kappa shape index (κ2) is 14.5. The summed E-state index contributed by atoms with van der Waals surface area (Å²) >= 11 is 0. The van der Waals surface area contributed by atoms with Gasteiger partial charge in [0.2, 0.25) is 0 Å². The summed E-state index contributed by atoms with van der Waals surface area (Å²) in [5.41, 5.74) is 12.2. The zero-order valence-electron chi connectivity index (χ0n) is 30.9. The molecule has 56 heavy (non-hydrogen) atoms. The Morgan fingerprint density at radius 2 is 0.446 bits per heavy atom. The molecule has 10 aromatic rings. The first-order valence-electron chi connectivity index (χ1n) is 19.3. The Bertz CT molecular complexity index is 2780. The third kappa shape index (κ3) is 6.08. The van der Waals surface area contributed by atoms with Crippen molar-refractivity contribution in [1.29, 1.82) is 0 Å². The van der Waals surface area contributed by atoms with E-state index in [-0.39, 0.29) is 0 Å². The van der Waals surface area contributed by atoms with Crippen molar-refractivity contribution in [2.45, 2.75) is 0 Å². The average molecular weight is 711 g/mol. The van der Waals surface area contributed by atoms with Crippen molar-refractivity contribution in [3.63, 3.8) is 0 Å². The van der Waals surface area contributed by atoms with Crippen molar-refractivity contribution in [3.05, 3.63) is 229 Å². The number of rotatable bonds is 7. The van der Waals surface area contributed by atoms with E-state index in [2.05, 4.69) is 231 Å². The van der Waals surface area contributed by atoms with Gasteiger partial charge in [0, 0.05) is 0 Å². The maximum Gasteiger partial charge on any atom is -0.00139 e. The highest BCUT2D eigenvalue weighted by molar-refractivity contribution is 6.30. The molecule has 0 radical (unpaired) electrons. The molecule has 0 amide bonds. The van der Waals surface area contributed by atoms with Gasteiger partial charge in [-0.25, -0.2) is 0 Å². The first-order chi connectivity index (χ1) is 27.8. The summed E-state index contributed by atoms with van der Waals surface area (Å²) in [5.74, 6) is 0. The lowest BCUT2D eigenvalue weighted by molar-refractivity contribution is 1.63. The minimum atomic E-state index is 1.18. The number of fused-ring (bicyclic) bond motifs is 4. The molecule has 0 aliphatic rings. The van der Waals surface area contributed by atoms with Crippen LogP contribution >= 0.6 is 0 Å². The second-order valence-corrected chi connectivity index (χ2v) is 14.4. The maximum atomic E-state index is 2.33. The summed E-state index contributed by atoms with van der Waals surface area (Å²) in [4.78, 5) is 0. The number of hydrogen-bond donors (Lipinski definition) is 0. The Morgan fingerprint density at radius 3 is 0.768 bits per heavy atom. The zero-order valence-corrected chi connectivity index (χ0v) is 30.9. The van der Waals surface area contributed by atoms with E-state index in [0.717, 1.165) is 0 Å². The lowest BCUT2D eigenvalue weighted by Crippen LogP contribution is -1.94. The zero-order chi connectivity index (χ0) is 37.3. The van der Waals surface area contributed by atoms with Gasteiger partial charge in [0.05, 0.1) is 0 Å². The van der Waals surface area contributed by atoms with Crippen LogP contribution in [0.25, 0.3) is 101 Å². The van der Waals surface area contributed by atoms with Crippen molar-refractivity contribution in [3.8, 4) is 33.4 Å². The molecule has 0 fully saturated rings. The first-order valence-corrected chi connectivity index (χ1v) is 19.3. The molecule has 0 spiro atoms. The van der Waals surface area contributed by atoms with Crippen LogP contribution in [0.4, 0.5) is 0 Å². The highest BCUT2D eigenvalue weighted by Crippen LogP contribution is 2.50. The van der Waals surface area contributed by atoms with Crippen LogP contribution in [0.5, 0.6) is 0 Å². The van der Waals surface area contributed by atoms with Gasteiger partial charge in [0.25, 0.3) is 0 Å². The van der Waals surface area contributed by atoms with Gasteiger partial charge >= 0.3 is 0 Å². The summed E-state index contributed by atoms with van der Waals surface area (Å²) < 4.78 is 0. The Labute approximate surface area is 328 Å². The van der Waals surface area contributed by atoms with Gasteiger partial charge < -0.3 is 0 Å². The van der Waals surface area contributed by atoms with Crippen LogP contribution in [-0.2, 0) is 0 Å². The molecule has 0 bridgehead atoms. The Balaban J connectivity index is 1.21. The molecule has 0 aromatic heterocycles. The molecule has 262 valence electrons. The summed E-state index contributed by atoms with van der Waals surface area (Å²) in [6, 6.07) is 74.9. The van der Waals surface area contributed by atoms with Crippen molar-refractivity contribution < 1.29 is 0 Å². The van der Waals surface area contributed by atoms with Gasteiger partial charge in [0.1, 0.15) is 0 Å². The lowest BCUT2D eigenvalue weighted by atomic mass is 9.81. The van der Waals surface area contributed by atoms with Crippen molar-refractivity contribution in [2.75, 3.05) is 0 Å². The van der Waals surface area contributed by atoms with Gasteiger partial charge in [-0.3, -0.25) is 0 Å². The first kappa shape index (κ1) is 33.3. The topological polar surface area (TPSA) is 0 Å². The lowest BCUT2D eigenvalue weighted by Gasteiger charge is -2.22. The van der Waals surface area contributed by atoms with Crippen molar-refractivity contribution >= 4 is 67.4 Å². The molecule has 10 rings (SSSR count). The molecular formula is C56H38. The fourth-order valence-corrected chi connectivity index (χ4v) is 8.53. The van der Waals surface area contributed by atoms with E-state index in [9.17, 15) is 0 Å². The van der Waals surface area contributed by atoms with Gasteiger partial charge in [0.15, 0.2) is 0 Å². The summed E-state index contributed by atoms with van der Waals surface area (Å²) in [6.07, 6.45) is 8.81. The highest BCUT2D eigenvalue weighted by atomic mass is 14.2. The van der Waals surface area contributed by atoms with E-state index >= 15 is 0 Å². The summed E-state index contributed by atoms with van der Waals surface area (Å²) in [6.45, 7) is 0. The minimum absolute atomic E-state index is 1.18. The van der Waals surface area contributed by atoms with Gasteiger partial charge in [-0.05, 0) is 111 Å². The third-order valence-corrected chi connectivity index (χ3v) is 11.0. The maximum absolute atomic E-state index is 2.33. The van der Waals surface area contributed by atoms with Crippen LogP contribution in [0.1, 0.15) is 22.3 Å². The van der Waals surface area contributed by atoms with Crippen LogP contribution in [-0.4, -0.2) is 0 Å². The van der Waals surface area contributed by atoms with E-state index in [1.165, 1.54) is 98.7 Å². The minimum Gasteiger partial charge on any atom is -0.0622 e. The third-order valence-electron chi connectivity index (χ3n) is 11.0. The van der Waals surface area contributed by atoms with Crippen LogP contribution in [0.3, 0.4) is 0 Å². The quantitative estimate of drug-likeness (QED) is 0.114. The fraction of sp³-hybridized carbons (Fsp3) is 0. The molecule has 0 atom stereocenters. The molecular weight excluding hydrogens is 673 g/mol. The van der Waals surface area contributed by atoms with E-state index < -0.39 is 0 Å². The summed E-state index contributed by atoms with van der Waals surface area (Å²) in [7, 11) is 0. The standard InChI is InChI=1S/C56H38/c1-3-17-39(18-4-1)33-35-41-21-15-23-43(37-41)53-45-25-7-11-29-49(45)55(50-30-12-8-26-46(50)53)56-51-31-13-9-27-47(51)54(48-28-10-14-32-52(48)56)44-24-16-22-42(38-44)36-34-40-19-5-2-6-20-40/h1-38H. The number of hydrogen-bond acceptors (Lipinski definition) is 0. The molecule has 0 nitrogen and oxygen atoms in total. The monoisotopic (exact) mass is 710 g/mol. The van der Waals surface area contributed by atoms with E-state index in [1.54, 1.807) is 0 Å². The van der Waals surface area contributed by atoms with Gasteiger partial charge in [-0.2, -0.15) is 0 Å².